The molecule has 0 aromatic carbocycles. The third-order valence-electron chi connectivity index (χ3n) is 0.253. The van der Waals surface area contributed by atoms with Gasteiger partial charge < -0.3 is 49.7 Å². The smallest absolute Gasteiger partial charge is 0.427 e. The number of rotatable bonds is 0. The van der Waals surface area contributed by atoms with E-state index in [4.69, 9.17) is 11.1 Å². The van der Waals surface area contributed by atoms with E-state index in [1.807, 2.05) is 0 Å². The Morgan fingerprint density at radius 1 is 1.00 bits per heavy atom. The van der Waals surface area contributed by atoms with E-state index in [0.29, 0.717) is 0 Å². The van der Waals surface area contributed by atoms with Gasteiger partial charge in [-0.05, 0) is 11.1 Å². The van der Waals surface area contributed by atoms with Crippen molar-refractivity contribution in [1.82, 2.24) is 0 Å². The molecule has 0 atom stereocenters. The van der Waals surface area contributed by atoms with E-state index in [9.17, 15) is 0 Å². The predicted octanol–water partition coefficient (Wildman–Crippen LogP) is 2.25. The van der Waals surface area contributed by atoms with Gasteiger partial charge in [0.1, 0.15) is 0 Å². The molecule has 0 aliphatic carbocycles. The molecule has 0 fully saturated rings. The Kier molecular flexibility index (Phi) is 20.7. The maximum atomic E-state index is 7.54. The van der Waals surface area contributed by atoms with E-state index in [0.717, 1.165) is 0 Å². The second-order valence-corrected chi connectivity index (χ2v) is 2.97. The fraction of sp³-hybridized carbons (Fsp3) is 0. The van der Waals surface area contributed by atoms with E-state index in [1.165, 1.54) is 0 Å². The first kappa shape index (κ1) is 18.6. The van der Waals surface area contributed by atoms with E-state index in [1.54, 1.807) is 0 Å². The SMILES string of the molecule is [N-]=[N+]=NC(=S)[S-].[N-]=[N+]=NC(=S)[S-].[Pd+2]. The second-order valence-electron chi connectivity index (χ2n) is 0.911. The van der Waals surface area contributed by atoms with Crippen LogP contribution < -0.4 is 0 Å². The van der Waals surface area contributed by atoms with Crippen molar-refractivity contribution in [2.24, 2.45) is 10.2 Å². The van der Waals surface area contributed by atoms with Crippen molar-refractivity contribution in [3.05, 3.63) is 20.9 Å². The summed E-state index contributed by atoms with van der Waals surface area (Å²) in [6.07, 6.45) is 0. The average molecular weight is 343 g/mol. The molecule has 0 aliphatic rings. The number of azide groups is 2. The fourth-order valence-electron chi connectivity index (χ4n) is 0.0730. The monoisotopic (exact) mass is 342 g/mol. The Bertz CT molecular complexity index is 236. The van der Waals surface area contributed by atoms with Gasteiger partial charge in [-0.2, -0.15) is 0 Å². The summed E-state index contributed by atoms with van der Waals surface area (Å²) in [6, 6.07) is 0. The molecule has 13 heavy (non-hydrogen) atoms. The summed E-state index contributed by atoms with van der Waals surface area (Å²) in [6.45, 7) is 0. The van der Waals surface area contributed by atoms with Crippen LogP contribution in [0.5, 0.6) is 0 Å². The molecule has 0 aromatic rings. The van der Waals surface area contributed by atoms with E-state index in [2.05, 4.69) is 69.7 Å². The third-order valence-corrected chi connectivity index (χ3v) is 0.579. The number of nitrogens with zero attached hydrogens (tertiary/aromatic N) is 6. The van der Waals surface area contributed by atoms with Crippen molar-refractivity contribution >= 4 is 58.3 Å². The van der Waals surface area contributed by atoms with Gasteiger partial charge in [-0.1, -0.05) is 18.9 Å². The number of hydrogen-bond acceptors (Lipinski definition) is 4. The molecule has 0 rings (SSSR count). The summed E-state index contributed by atoms with van der Waals surface area (Å²) in [5.74, 6) is 0. The minimum atomic E-state index is -0.0856. The van der Waals surface area contributed by atoms with Gasteiger partial charge in [0, 0.05) is 9.82 Å². The molecule has 0 heterocycles. The van der Waals surface area contributed by atoms with Crippen molar-refractivity contribution in [1.29, 1.82) is 0 Å². The summed E-state index contributed by atoms with van der Waals surface area (Å²) in [4.78, 5) is 4.63. The zero-order valence-corrected chi connectivity index (χ0v) is 10.5. The maximum absolute atomic E-state index is 7.54. The molecule has 0 amide bonds. The van der Waals surface area contributed by atoms with Gasteiger partial charge in [0.05, 0.1) is 0 Å². The van der Waals surface area contributed by atoms with Crippen LogP contribution in [0, 0.1) is 0 Å². The third kappa shape index (κ3) is 33.5. The summed E-state index contributed by atoms with van der Waals surface area (Å²) in [7, 11) is 0. The quantitative estimate of drug-likeness (QED) is 0.168. The van der Waals surface area contributed by atoms with E-state index in [-0.39, 0.29) is 29.1 Å². The van der Waals surface area contributed by atoms with Crippen LogP contribution in [0.1, 0.15) is 0 Å². The summed E-state index contributed by atoms with van der Waals surface area (Å²) in [5, 5.41) is 5.70. The molecule has 0 radical (unpaired) electrons. The van der Waals surface area contributed by atoms with Gasteiger partial charge in [-0.3, -0.25) is 0 Å². The molecule has 0 aromatic heterocycles. The van der Waals surface area contributed by atoms with Gasteiger partial charge in [0.15, 0.2) is 0 Å². The van der Waals surface area contributed by atoms with Crippen LogP contribution in [0.15, 0.2) is 10.2 Å². The zero-order valence-electron chi connectivity index (χ0n) is 5.63. The molecular formula is C2N6PdS4. The Labute approximate surface area is 109 Å². The van der Waals surface area contributed by atoms with Gasteiger partial charge in [0.25, 0.3) is 0 Å². The van der Waals surface area contributed by atoms with Crippen LogP contribution in [0.4, 0.5) is 0 Å². The normalized spacial score (nSPS) is 5.54. The zero-order chi connectivity index (χ0) is 9.98. The van der Waals surface area contributed by atoms with Crippen LogP contribution in [-0.4, -0.2) is 8.64 Å². The molecule has 72 valence electrons. The fourth-order valence-corrected chi connectivity index (χ4v) is 0.219. The van der Waals surface area contributed by atoms with Crippen molar-refractivity contribution in [2.45, 2.75) is 0 Å². The molecular weight excluding hydrogens is 343 g/mol. The van der Waals surface area contributed by atoms with Gasteiger partial charge in [-0.15, -0.1) is 0 Å². The predicted molar refractivity (Wildman–Crippen MR) is 58.2 cm³/mol. The Morgan fingerprint density at radius 2 is 1.23 bits per heavy atom. The molecule has 0 aliphatic heterocycles. The van der Waals surface area contributed by atoms with Gasteiger partial charge in [-0.25, -0.2) is 0 Å². The van der Waals surface area contributed by atoms with E-state index < -0.39 is 0 Å². The Morgan fingerprint density at radius 3 is 1.23 bits per heavy atom. The molecule has 0 spiro atoms. The van der Waals surface area contributed by atoms with Crippen LogP contribution in [0.25, 0.3) is 20.9 Å². The summed E-state index contributed by atoms with van der Waals surface area (Å²) >= 11 is 16.8. The average Bonchev–Trinajstić information content (AvgIpc) is 1.87. The molecule has 0 saturated carbocycles. The molecule has 0 bridgehead atoms. The Balaban J connectivity index is -0.000000143. The maximum Gasteiger partial charge on any atom is 2.00 e. The van der Waals surface area contributed by atoms with Gasteiger partial charge >= 0.3 is 20.4 Å². The standard InChI is InChI=1S/2CHN3S2.Pd/c2*2-4-3-1(5)6;/h2*(H,5,6);/q;;+2/p-2. The minimum absolute atomic E-state index is 0. The molecule has 6 nitrogen and oxygen atoms in total. The van der Waals surface area contributed by atoms with Crippen LogP contribution in [-0.2, 0) is 45.7 Å². The second kappa shape index (κ2) is 14.4. The first-order valence-corrected chi connectivity index (χ1v) is 3.70. The topological polar surface area (TPSA) is 97.5 Å². The Hall–Kier alpha value is -0.0977. The van der Waals surface area contributed by atoms with Crippen LogP contribution in [0.3, 0.4) is 0 Å². The van der Waals surface area contributed by atoms with Crippen LogP contribution >= 0.6 is 24.4 Å². The first-order valence-electron chi connectivity index (χ1n) is 2.06. The van der Waals surface area contributed by atoms with Crippen molar-refractivity contribution in [3.8, 4) is 0 Å². The minimum Gasteiger partial charge on any atom is -0.427 e. The van der Waals surface area contributed by atoms with Crippen molar-refractivity contribution in [3.63, 3.8) is 0 Å². The summed E-state index contributed by atoms with van der Waals surface area (Å²) < 4.78 is -0.171. The molecule has 0 saturated heterocycles. The summed E-state index contributed by atoms with van der Waals surface area (Å²) in [5.41, 5.74) is 15.1. The first-order chi connectivity index (χ1) is 5.54. The van der Waals surface area contributed by atoms with Crippen LogP contribution in [0.2, 0.25) is 0 Å². The van der Waals surface area contributed by atoms with Crippen molar-refractivity contribution < 1.29 is 20.4 Å². The van der Waals surface area contributed by atoms with Crippen molar-refractivity contribution in [2.75, 3.05) is 0 Å². The molecule has 11 heteroatoms. The number of thiocarbonyl (C=S) groups is 2. The molecule has 0 unspecified atom stereocenters. The van der Waals surface area contributed by atoms with E-state index >= 15 is 0 Å². The van der Waals surface area contributed by atoms with Gasteiger partial charge in [0.2, 0.25) is 0 Å². The largest absolute Gasteiger partial charge is 2.00 e. The molecule has 0 N–H and O–H groups in total. The number of hydrogen-bond donors (Lipinski definition) is 0.